The van der Waals surface area contributed by atoms with Gasteiger partial charge in [0.15, 0.2) is 10.9 Å². The number of allylic oxidation sites excluding steroid dienone is 1. The lowest BCUT2D eigenvalue weighted by molar-refractivity contribution is 0.102. The highest BCUT2D eigenvalue weighted by Gasteiger charge is 2.13. The van der Waals surface area contributed by atoms with Crippen LogP contribution in [0.15, 0.2) is 71.1 Å². The third-order valence-electron chi connectivity index (χ3n) is 3.64. The summed E-state index contributed by atoms with van der Waals surface area (Å²) in [5.74, 6) is 0.137. The number of Topliss-reactive ketones (excluding diaryl/α,β-unsaturated/α-hetero) is 1. The average Bonchev–Trinajstić information content (AvgIpc) is 2.63. The highest BCUT2D eigenvalue weighted by atomic mass is 35.5. The molecule has 0 aliphatic heterocycles. The van der Waals surface area contributed by atoms with Crippen LogP contribution in [0.3, 0.4) is 0 Å². The highest BCUT2D eigenvalue weighted by molar-refractivity contribution is 7.99. The lowest BCUT2D eigenvalue weighted by Crippen LogP contribution is -2.23. The normalized spacial score (nSPS) is 10.8. The van der Waals surface area contributed by atoms with Crippen LogP contribution in [0.1, 0.15) is 10.4 Å². The molecule has 1 heterocycles. The summed E-state index contributed by atoms with van der Waals surface area (Å²) in [4.78, 5) is 29.5. The molecule has 126 valence electrons. The number of thioether (sulfide) groups is 1. The van der Waals surface area contributed by atoms with E-state index in [9.17, 15) is 9.59 Å². The summed E-state index contributed by atoms with van der Waals surface area (Å²) < 4.78 is 1.54. The SMILES string of the molecule is C=CCn1c(SCC(=O)c2ccc(Cl)cc2)nc2ccccc2c1=O. The minimum Gasteiger partial charge on any atom is -0.293 e. The first-order valence-corrected chi connectivity index (χ1v) is 8.98. The molecule has 6 heteroatoms. The third kappa shape index (κ3) is 3.83. The number of fused-ring (bicyclic) bond motifs is 1. The quantitative estimate of drug-likeness (QED) is 0.282. The fraction of sp³-hybridized carbons (Fsp3) is 0.105. The highest BCUT2D eigenvalue weighted by Crippen LogP contribution is 2.20. The molecule has 3 rings (SSSR count). The molecule has 0 spiro atoms. The molecular weight excluding hydrogens is 356 g/mol. The Hall–Kier alpha value is -2.37. The minimum absolute atomic E-state index is 0.0470. The summed E-state index contributed by atoms with van der Waals surface area (Å²) in [7, 11) is 0. The Morgan fingerprint density at radius 1 is 1.20 bits per heavy atom. The average molecular weight is 371 g/mol. The van der Waals surface area contributed by atoms with E-state index in [1.54, 1.807) is 48.5 Å². The second-order valence-electron chi connectivity index (χ2n) is 5.33. The van der Waals surface area contributed by atoms with Crippen LogP contribution < -0.4 is 5.56 Å². The van der Waals surface area contributed by atoms with Gasteiger partial charge in [-0.15, -0.1) is 6.58 Å². The first-order chi connectivity index (χ1) is 12.1. The van der Waals surface area contributed by atoms with Crippen molar-refractivity contribution >= 4 is 40.0 Å². The summed E-state index contributed by atoms with van der Waals surface area (Å²) in [6, 6.07) is 13.9. The number of para-hydroxylation sites is 1. The molecular formula is C19H15ClN2O2S. The van der Waals surface area contributed by atoms with Crippen LogP contribution in [0.2, 0.25) is 5.02 Å². The molecule has 0 amide bonds. The van der Waals surface area contributed by atoms with Gasteiger partial charge in [-0.3, -0.25) is 14.2 Å². The number of halogens is 1. The van der Waals surface area contributed by atoms with Gasteiger partial charge in [0.25, 0.3) is 5.56 Å². The Kier molecular flexibility index (Phi) is 5.36. The van der Waals surface area contributed by atoms with Crippen LogP contribution in [0, 0.1) is 0 Å². The van der Waals surface area contributed by atoms with E-state index in [-0.39, 0.29) is 17.1 Å². The van der Waals surface area contributed by atoms with E-state index in [0.717, 1.165) is 0 Å². The number of nitrogens with zero attached hydrogens (tertiary/aromatic N) is 2. The van der Waals surface area contributed by atoms with Crippen molar-refractivity contribution in [1.29, 1.82) is 0 Å². The number of carbonyl (C=O) groups is 1. The minimum atomic E-state index is -0.132. The number of benzene rings is 2. The largest absolute Gasteiger partial charge is 0.293 e. The molecule has 0 aliphatic carbocycles. The second kappa shape index (κ2) is 7.68. The molecule has 0 unspecified atom stereocenters. The van der Waals surface area contributed by atoms with E-state index in [0.29, 0.717) is 33.2 Å². The Morgan fingerprint density at radius 3 is 2.64 bits per heavy atom. The Bertz CT molecular complexity index is 996. The van der Waals surface area contributed by atoms with Gasteiger partial charge in [0, 0.05) is 17.1 Å². The van der Waals surface area contributed by atoms with Gasteiger partial charge in [-0.2, -0.15) is 0 Å². The molecule has 2 aromatic carbocycles. The molecule has 0 N–H and O–H groups in total. The maximum Gasteiger partial charge on any atom is 0.262 e. The Balaban J connectivity index is 1.91. The number of hydrogen-bond donors (Lipinski definition) is 0. The topological polar surface area (TPSA) is 52.0 Å². The Labute approximate surface area is 154 Å². The van der Waals surface area contributed by atoms with Crippen molar-refractivity contribution in [2.75, 3.05) is 5.75 Å². The molecule has 0 radical (unpaired) electrons. The van der Waals surface area contributed by atoms with Crippen molar-refractivity contribution in [2.24, 2.45) is 0 Å². The van der Waals surface area contributed by atoms with Gasteiger partial charge in [-0.1, -0.05) is 41.6 Å². The van der Waals surface area contributed by atoms with E-state index in [2.05, 4.69) is 11.6 Å². The van der Waals surface area contributed by atoms with Gasteiger partial charge < -0.3 is 0 Å². The lowest BCUT2D eigenvalue weighted by atomic mass is 10.1. The molecule has 0 bridgehead atoms. The van der Waals surface area contributed by atoms with Crippen LogP contribution in [0.25, 0.3) is 10.9 Å². The lowest BCUT2D eigenvalue weighted by Gasteiger charge is -2.11. The zero-order valence-corrected chi connectivity index (χ0v) is 14.9. The van der Waals surface area contributed by atoms with E-state index in [1.165, 1.54) is 16.3 Å². The van der Waals surface area contributed by atoms with Crippen molar-refractivity contribution in [2.45, 2.75) is 11.7 Å². The number of aromatic nitrogens is 2. The van der Waals surface area contributed by atoms with Crippen molar-refractivity contribution in [3.63, 3.8) is 0 Å². The van der Waals surface area contributed by atoms with Crippen LogP contribution in [0.5, 0.6) is 0 Å². The van der Waals surface area contributed by atoms with Crippen LogP contribution >= 0.6 is 23.4 Å². The maximum atomic E-state index is 12.7. The number of ketones is 1. The van der Waals surface area contributed by atoms with Gasteiger partial charge in [-0.25, -0.2) is 4.98 Å². The number of carbonyl (C=O) groups excluding carboxylic acids is 1. The van der Waals surface area contributed by atoms with E-state index in [1.807, 2.05) is 6.07 Å². The van der Waals surface area contributed by atoms with Crippen molar-refractivity contribution in [3.05, 3.63) is 82.1 Å². The maximum absolute atomic E-state index is 12.7. The molecule has 0 fully saturated rings. The second-order valence-corrected chi connectivity index (χ2v) is 6.71. The van der Waals surface area contributed by atoms with Gasteiger partial charge >= 0.3 is 0 Å². The number of hydrogen-bond acceptors (Lipinski definition) is 4. The summed E-state index contributed by atoms with van der Waals surface area (Å²) in [5, 5.41) is 1.64. The smallest absolute Gasteiger partial charge is 0.262 e. The summed E-state index contributed by atoms with van der Waals surface area (Å²) >= 11 is 7.09. The van der Waals surface area contributed by atoms with Crippen molar-refractivity contribution < 1.29 is 4.79 Å². The summed E-state index contributed by atoms with van der Waals surface area (Å²) in [6.07, 6.45) is 1.64. The van der Waals surface area contributed by atoms with Crippen molar-refractivity contribution in [3.8, 4) is 0 Å². The molecule has 0 atom stereocenters. The van der Waals surface area contributed by atoms with Crippen molar-refractivity contribution in [1.82, 2.24) is 9.55 Å². The third-order valence-corrected chi connectivity index (χ3v) is 4.87. The fourth-order valence-electron chi connectivity index (χ4n) is 2.40. The first-order valence-electron chi connectivity index (χ1n) is 7.62. The van der Waals surface area contributed by atoms with Crippen LogP contribution in [-0.2, 0) is 6.54 Å². The number of rotatable bonds is 6. The van der Waals surface area contributed by atoms with Gasteiger partial charge in [-0.05, 0) is 36.4 Å². The standard InChI is InChI=1S/C19H15ClN2O2S/c1-2-11-22-18(24)15-5-3-4-6-16(15)21-19(22)25-12-17(23)13-7-9-14(20)10-8-13/h2-10H,1,11-12H2. The van der Waals surface area contributed by atoms with E-state index < -0.39 is 0 Å². The van der Waals surface area contributed by atoms with Crippen LogP contribution in [-0.4, -0.2) is 21.1 Å². The molecule has 0 saturated carbocycles. The van der Waals surface area contributed by atoms with Gasteiger partial charge in [0.05, 0.1) is 16.7 Å². The predicted octanol–water partition coefficient (Wildman–Crippen LogP) is 4.21. The first kappa shape index (κ1) is 17.5. The molecule has 4 nitrogen and oxygen atoms in total. The zero-order valence-electron chi connectivity index (χ0n) is 13.3. The van der Waals surface area contributed by atoms with E-state index in [4.69, 9.17) is 11.6 Å². The fourth-order valence-corrected chi connectivity index (χ4v) is 3.43. The van der Waals surface area contributed by atoms with Gasteiger partial charge in [0.2, 0.25) is 0 Å². The van der Waals surface area contributed by atoms with Crippen LogP contribution in [0.4, 0.5) is 0 Å². The van der Waals surface area contributed by atoms with E-state index >= 15 is 0 Å². The monoisotopic (exact) mass is 370 g/mol. The summed E-state index contributed by atoms with van der Waals surface area (Å²) in [5.41, 5.74) is 1.07. The molecule has 0 saturated heterocycles. The summed E-state index contributed by atoms with van der Waals surface area (Å²) in [6.45, 7) is 4.03. The molecule has 3 aromatic rings. The molecule has 1 aromatic heterocycles. The Morgan fingerprint density at radius 2 is 1.92 bits per heavy atom. The molecule has 25 heavy (non-hydrogen) atoms. The van der Waals surface area contributed by atoms with Gasteiger partial charge in [0.1, 0.15) is 0 Å². The molecule has 0 aliphatic rings. The predicted molar refractivity (Wildman–Crippen MR) is 103 cm³/mol. The zero-order chi connectivity index (χ0) is 17.8.